The summed E-state index contributed by atoms with van der Waals surface area (Å²) in [7, 11) is 0. The lowest BCUT2D eigenvalue weighted by atomic mass is 9.99. The highest BCUT2D eigenvalue weighted by Gasteiger charge is 2.54. The molecule has 3 unspecified atom stereocenters. The van der Waals surface area contributed by atoms with E-state index in [1.54, 1.807) is 12.1 Å². The average molecular weight is 247 g/mol. The molecule has 0 saturated heterocycles. The summed E-state index contributed by atoms with van der Waals surface area (Å²) in [5.41, 5.74) is 1.26. The first-order valence-corrected chi connectivity index (χ1v) is 7.30. The summed E-state index contributed by atoms with van der Waals surface area (Å²) in [6, 6.07) is 7.51. The first kappa shape index (κ1) is 12.2. The Labute approximate surface area is 109 Å². The van der Waals surface area contributed by atoms with Crippen molar-refractivity contribution in [3.8, 4) is 0 Å². The Hall–Kier alpha value is -0.890. The van der Waals surface area contributed by atoms with Crippen molar-refractivity contribution in [2.45, 2.75) is 38.6 Å². The fourth-order valence-electron chi connectivity index (χ4n) is 3.91. The van der Waals surface area contributed by atoms with Crippen LogP contribution in [0.2, 0.25) is 0 Å². The van der Waals surface area contributed by atoms with Gasteiger partial charge in [-0.1, -0.05) is 31.9 Å². The predicted octanol–water partition coefficient (Wildman–Crippen LogP) is 3.91. The number of nitrogens with one attached hydrogen (secondary N) is 1. The molecule has 1 aromatic rings. The van der Waals surface area contributed by atoms with E-state index in [0.717, 1.165) is 24.3 Å². The Morgan fingerprint density at radius 3 is 2.33 bits per heavy atom. The SMILES string of the molecule is CCNC(c1ccc(F)cc1)C1C2CCCCC21. The van der Waals surface area contributed by atoms with Crippen molar-refractivity contribution in [3.05, 3.63) is 35.6 Å². The van der Waals surface area contributed by atoms with Crippen molar-refractivity contribution in [1.29, 1.82) is 0 Å². The van der Waals surface area contributed by atoms with Crippen LogP contribution in [0.5, 0.6) is 0 Å². The Morgan fingerprint density at radius 2 is 1.78 bits per heavy atom. The molecule has 1 aromatic carbocycles. The highest BCUT2D eigenvalue weighted by atomic mass is 19.1. The number of halogens is 1. The minimum Gasteiger partial charge on any atom is -0.310 e. The van der Waals surface area contributed by atoms with Gasteiger partial charge in [0.15, 0.2) is 0 Å². The van der Waals surface area contributed by atoms with Crippen molar-refractivity contribution >= 4 is 0 Å². The van der Waals surface area contributed by atoms with Crippen LogP contribution in [-0.2, 0) is 0 Å². The standard InChI is InChI=1S/C16H22FN/c1-2-18-16(11-7-9-12(17)10-8-11)15-13-5-3-4-6-14(13)15/h7-10,13-16,18H,2-6H2,1H3. The predicted molar refractivity (Wildman–Crippen MR) is 71.8 cm³/mol. The minimum absolute atomic E-state index is 0.137. The Balaban J connectivity index is 1.78. The van der Waals surface area contributed by atoms with Crippen LogP contribution < -0.4 is 5.32 Å². The molecule has 0 radical (unpaired) electrons. The molecule has 2 aliphatic carbocycles. The van der Waals surface area contributed by atoms with Crippen LogP contribution in [0.15, 0.2) is 24.3 Å². The molecule has 2 saturated carbocycles. The van der Waals surface area contributed by atoms with Crippen LogP contribution in [0.25, 0.3) is 0 Å². The first-order valence-electron chi connectivity index (χ1n) is 7.30. The summed E-state index contributed by atoms with van der Waals surface area (Å²) >= 11 is 0. The fraction of sp³-hybridized carbons (Fsp3) is 0.625. The summed E-state index contributed by atoms with van der Waals surface area (Å²) in [4.78, 5) is 0. The summed E-state index contributed by atoms with van der Waals surface area (Å²) in [6.07, 6.45) is 5.61. The highest BCUT2D eigenvalue weighted by molar-refractivity contribution is 5.24. The highest BCUT2D eigenvalue weighted by Crippen LogP contribution is 2.60. The molecule has 3 rings (SSSR count). The second-order valence-electron chi connectivity index (χ2n) is 5.78. The van der Waals surface area contributed by atoms with Crippen LogP contribution in [0.3, 0.4) is 0 Å². The van der Waals surface area contributed by atoms with Crippen LogP contribution in [0, 0.1) is 23.6 Å². The number of fused-ring (bicyclic) bond motifs is 1. The van der Waals surface area contributed by atoms with E-state index in [1.807, 2.05) is 12.1 Å². The maximum atomic E-state index is 13.0. The van der Waals surface area contributed by atoms with E-state index in [4.69, 9.17) is 0 Å². The second kappa shape index (κ2) is 5.00. The number of hydrogen-bond acceptors (Lipinski definition) is 1. The summed E-state index contributed by atoms with van der Waals surface area (Å²) in [5, 5.41) is 3.61. The average Bonchev–Trinajstić information content (AvgIpc) is 3.11. The third kappa shape index (κ3) is 2.18. The molecule has 0 spiro atoms. The van der Waals surface area contributed by atoms with Gasteiger partial charge in [0.2, 0.25) is 0 Å². The van der Waals surface area contributed by atoms with Gasteiger partial charge < -0.3 is 5.32 Å². The van der Waals surface area contributed by atoms with E-state index in [2.05, 4.69) is 12.2 Å². The van der Waals surface area contributed by atoms with Gasteiger partial charge in [-0.25, -0.2) is 4.39 Å². The van der Waals surface area contributed by atoms with Crippen molar-refractivity contribution in [1.82, 2.24) is 5.32 Å². The third-order valence-electron chi connectivity index (χ3n) is 4.76. The van der Waals surface area contributed by atoms with Crippen LogP contribution >= 0.6 is 0 Å². The van der Waals surface area contributed by atoms with Crippen molar-refractivity contribution < 1.29 is 4.39 Å². The van der Waals surface area contributed by atoms with Crippen molar-refractivity contribution in [3.63, 3.8) is 0 Å². The van der Waals surface area contributed by atoms with E-state index in [0.29, 0.717) is 6.04 Å². The third-order valence-corrected chi connectivity index (χ3v) is 4.76. The van der Waals surface area contributed by atoms with Crippen LogP contribution in [0.1, 0.15) is 44.2 Å². The first-order chi connectivity index (χ1) is 8.81. The lowest BCUT2D eigenvalue weighted by Gasteiger charge is -2.19. The van der Waals surface area contributed by atoms with E-state index < -0.39 is 0 Å². The van der Waals surface area contributed by atoms with Gasteiger partial charge in [0, 0.05) is 6.04 Å². The Kier molecular flexibility index (Phi) is 3.38. The van der Waals surface area contributed by atoms with Crippen molar-refractivity contribution in [2.24, 2.45) is 17.8 Å². The molecule has 98 valence electrons. The largest absolute Gasteiger partial charge is 0.310 e. The van der Waals surface area contributed by atoms with Gasteiger partial charge >= 0.3 is 0 Å². The summed E-state index contributed by atoms with van der Waals surface area (Å²) in [5.74, 6) is 2.50. The van der Waals surface area contributed by atoms with Gasteiger partial charge in [-0.2, -0.15) is 0 Å². The topological polar surface area (TPSA) is 12.0 Å². The molecule has 2 aliphatic rings. The number of hydrogen-bond donors (Lipinski definition) is 1. The van der Waals surface area contributed by atoms with Gasteiger partial charge in [-0.05, 0) is 54.8 Å². The van der Waals surface area contributed by atoms with E-state index in [1.165, 1.54) is 31.2 Å². The molecule has 1 nitrogen and oxygen atoms in total. The maximum absolute atomic E-state index is 13.0. The molecule has 0 aliphatic heterocycles. The van der Waals surface area contributed by atoms with Gasteiger partial charge in [0.25, 0.3) is 0 Å². The molecular formula is C16H22FN. The summed E-state index contributed by atoms with van der Waals surface area (Å²) < 4.78 is 13.0. The summed E-state index contributed by atoms with van der Waals surface area (Å²) in [6.45, 7) is 3.14. The lowest BCUT2D eigenvalue weighted by Crippen LogP contribution is -2.23. The normalized spacial score (nSPS) is 31.8. The smallest absolute Gasteiger partial charge is 0.123 e. The van der Waals surface area contributed by atoms with Crippen LogP contribution in [-0.4, -0.2) is 6.54 Å². The van der Waals surface area contributed by atoms with Gasteiger partial charge in [-0.3, -0.25) is 0 Å². The zero-order chi connectivity index (χ0) is 12.5. The monoisotopic (exact) mass is 247 g/mol. The number of benzene rings is 1. The van der Waals surface area contributed by atoms with Gasteiger partial charge in [0.05, 0.1) is 0 Å². The Morgan fingerprint density at radius 1 is 1.17 bits per heavy atom. The molecule has 18 heavy (non-hydrogen) atoms. The van der Waals surface area contributed by atoms with Gasteiger partial charge in [-0.15, -0.1) is 0 Å². The quantitative estimate of drug-likeness (QED) is 0.850. The maximum Gasteiger partial charge on any atom is 0.123 e. The molecule has 0 heterocycles. The van der Waals surface area contributed by atoms with E-state index in [9.17, 15) is 4.39 Å². The molecule has 0 bridgehead atoms. The van der Waals surface area contributed by atoms with E-state index >= 15 is 0 Å². The fourth-order valence-corrected chi connectivity index (χ4v) is 3.91. The number of rotatable bonds is 4. The van der Waals surface area contributed by atoms with Gasteiger partial charge in [0.1, 0.15) is 5.82 Å². The molecule has 2 heteroatoms. The van der Waals surface area contributed by atoms with E-state index in [-0.39, 0.29) is 5.82 Å². The second-order valence-corrected chi connectivity index (χ2v) is 5.78. The molecule has 3 atom stereocenters. The minimum atomic E-state index is -0.137. The molecule has 1 N–H and O–H groups in total. The van der Waals surface area contributed by atoms with Crippen LogP contribution in [0.4, 0.5) is 4.39 Å². The zero-order valence-corrected chi connectivity index (χ0v) is 11.0. The Bertz CT molecular complexity index is 388. The molecule has 0 amide bonds. The molecular weight excluding hydrogens is 225 g/mol. The molecule has 0 aromatic heterocycles. The molecule has 2 fully saturated rings. The zero-order valence-electron chi connectivity index (χ0n) is 11.0. The lowest BCUT2D eigenvalue weighted by molar-refractivity contribution is 0.456. The van der Waals surface area contributed by atoms with Crippen molar-refractivity contribution in [2.75, 3.05) is 6.54 Å².